The number of hydrogen-bond donors (Lipinski definition) is 1. The zero-order valence-electron chi connectivity index (χ0n) is 12.3. The van der Waals surface area contributed by atoms with E-state index in [0.29, 0.717) is 16.0 Å². The van der Waals surface area contributed by atoms with E-state index in [2.05, 4.69) is 18.6 Å². The molecule has 0 unspecified atom stereocenters. The Labute approximate surface area is 141 Å². The van der Waals surface area contributed by atoms with Gasteiger partial charge in [0.1, 0.15) is 0 Å². The average molecular weight is 358 g/mol. The van der Waals surface area contributed by atoms with E-state index in [1.54, 1.807) is 30.3 Å². The molecular weight excluding hydrogens is 341 g/mol. The molecule has 2 aromatic rings. The molecule has 22 heavy (non-hydrogen) atoms. The van der Waals surface area contributed by atoms with Crippen LogP contribution >= 0.6 is 23.2 Å². The first-order chi connectivity index (χ1) is 10.3. The first kappa shape index (κ1) is 17.3. The Morgan fingerprint density at radius 3 is 2.18 bits per heavy atom. The molecule has 6 heteroatoms. The van der Waals surface area contributed by atoms with Gasteiger partial charge in [-0.1, -0.05) is 55.2 Å². The van der Waals surface area contributed by atoms with Crippen LogP contribution in [0.25, 0.3) is 0 Å². The van der Waals surface area contributed by atoms with Crippen LogP contribution in [0.4, 0.5) is 0 Å². The number of sulfonamides is 1. The summed E-state index contributed by atoms with van der Waals surface area (Å²) in [5.41, 5.74) is 1.85. The molecular formula is C16H17Cl2NO2S. The summed E-state index contributed by atoms with van der Waals surface area (Å²) in [5, 5.41) is 0.845. The Kier molecular flexibility index (Phi) is 5.50. The Morgan fingerprint density at radius 1 is 1.00 bits per heavy atom. The predicted octanol–water partition coefficient (Wildman–Crippen LogP) is 4.60. The lowest BCUT2D eigenvalue weighted by Crippen LogP contribution is -2.23. The zero-order chi connectivity index (χ0) is 16.3. The minimum atomic E-state index is -3.55. The third-order valence-corrected chi connectivity index (χ3v) is 5.46. The summed E-state index contributed by atoms with van der Waals surface area (Å²) in [7, 11) is -3.55. The molecule has 0 fully saturated rings. The van der Waals surface area contributed by atoms with E-state index in [1.165, 1.54) is 0 Å². The van der Waals surface area contributed by atoms with Crippen LogP contribution in [-0.2, 0) is 16.6 Å². The van der Waals surface area contributed by atoms with Crippen molar-refractivity contribution < 1.29 is 8.42 Å². The molecule has 0 atom stereocenters. The van der Waals surface area contributed by atoms with Crippen LogP contribution in [0.2, 0.25) is 10.0 Å². The number of hydrogen-bond acceptors (Lipinski definition) is 2. The van der Waals surface area contributed by atoms with Crippen molar-refractivity contribution in [1.29, 1.82) is 0 Å². The number of nitrogens with one attached hydrogen (secondary N) is 1. The van der Waals surface area contributed by atoms with Crippen LogP contribution < -0.4 is 4.72 Å². The fourth-order valence-corrected chi connectivity index (χ4v) is 3.28. The average Bonchev–Trinajstić information content (AvgIpc) is 2.48. The van der Waals surface area contributed by atoms with Gasteiger partial charge in [-0.25, -0.2) is 13.1 Å². The summed E-state index contributed by atoms with van der Waals surface area (Å²) < 4.78 is 27.1. The van der Waals surface area contributed by atoms with E-state index in [0.717, 1.165) is 11.1 Å². The molecule has 0 bridgehead atoms. The largest absolute Gasteiger partial charge is 0.240 e. The van der Waals surface area contributed by atoms with E-state index >= 15 is 0 Å². The van der Waals surface area contributed by atoms with Crippen molar-refractivity contribution in [2.45, 2.75) is 31.2 Å². The van der Waals surface area contributed by atoms with E-state index < -0.39 is 10.0 Å². The topological polar surface area (TPSA) is 46.2 Å². The molecule has 3 nitrogen and oxygen atoms in total. The third-order valence-electron chi connectivity index (χ3n) is 3.31. The fraction of sp³-hybridized carbons (Fsp3) is 0.250. The third kappa shape index (κ3) is 4.23. The van der Waals surface area contributed by atoms with Crippen molar-refractivity contribution in [2.24, 2.45) is 0 Å². The minimum Gasteiger partial charge on any atom is -0.207 e. The van der Waals surface area contributed by atoms with Gasteiger partial charge in [-0.15, -0.1) is 0 Å². The fourth-order valence-electron chi connectivity index (χ4n) is 1.94. The van der Waals surface area contributed by atoms with Crippen molar-refractivity contribution in [1.82, 2.24) is 4.72 Å². The van der Waals surface area contributed by atoms with Gasteiger partial charge in [0, 0.05) is 6.54 Å². The van der Waals surface area contributed by atoms with Crippen LogP contribution in [-0.4, -0.2) is 8.42 Å². The summed E-state index contributed by atoms with van der Waals surface area (Å²) in [5.74, 6) is 0.362. The number of halogens is 2. The molecule has 0 amide bonds. The van der Waals surface area contributed by atoms with E-state index in [-0.39, 0.29) is 11.4 Å². The summed E-state index contributed by atoms with van der Waals surface area (Å²) in [6.07, 6.45) is 0. The first-order valence-corrected chi connectivity index (χ1v) is 9.07. The highest BCUT2D eigenvalue weighted by Crippen LogP contribution is 2.23. The van der Waals surface area contributed by atoms with Gasteiger partial charge in [0.15, 0.2) is 0 Å². The summed E-state index contributed by atoms with van der Waals surface area (Å²) >= 11 is 11.8. The van der Waals surface area contributed by atoms with Crippen molar-refractivity contribution in [2.75, 3.05) is 0 Å². The van der Waals surface area contributed by atoms with Gasteiger partial charge < -0.3 is 0 Å². The number of rotatable bonds is 5. The Bertz CT molecular complexity index is 756. The van der Waals surface area contributed by atoms with Crippen molar-refractivity contribution >= 4 is 33.2 Å². The molecule has 0 aliphatic rings. The second-order valence-electron chi connectivity index (χ2n) is 5.30. The smallest absolute Gasteiger partial charge is 0.207 e. The quantitative estimate of drug-likeness (QED) is 0.849. The van der Waals surface area contributed by atoms with Gasteiger partial charge in [-0.05, 0) is 41.3 Å². The van der Waals surface area contributed by atoms with Crippen molar-refractivity contribution in [3.05, 3.63) is 63.6 Å². The van der Waals surface area contributed by atoms with Gasteiger partial charge >= 0.3 is 0 Å². The molecule has 0 saturated heterocycles. The molecule has 0 saturated carbocycles. The highest BCUT2D eigenvalue weighted by molar-refractivity contribution is 7.89. The van der Waals surface area contributed by atoms with Crippen LogP contribution in [0.1, 0.15) is 30.9 Å². The second-order valence-corrected chi connectivity index (χ2v) is 7.88. The molecule has 0 aliphatic carbocycles. The van der Waals surface area contributed by atoms with Gasteiger partial charge in [0.2, 0.25) is 10.0 Å². The molecule has 0 radical (unpaired) electrons. The van der Waals surface area contributed by atoms with Crippen LogP contribution in [0.3, 0.4) is 0 Å². The molecule has 0 spiro atoms. The van der Waals surface area contributed by atoms with Crippen molar-refractivity contribution in [3.8, 4) is 0 Å². The summed E-state index contributed by atoms with van der Waals surface area (Å²) in [6, 6.07) is 11.9. The maximum atomic E-state index is 12.3. The molecule has 1 N–H and O–H groups in total. The van der Waals surface area contributed by atoms with Crippen LogP contribution in [0, 0.1) is 0 Å². The molecule has 118 valence electrons. The SMILES string of the molecule is CC(C)c1ccc(S(=O)(=O)NCc2ccc(Cl)c(Cl)c2)cc1. The van der Waals surface area contributed by atoms with E-state index in [9.17, 15) is 8.42 Å². The lowest BCUT2D eigenvalue weighted by Gasteiger charge is -2.09. The Hall–Kier alpha value is -1.07. The van der Waals surface area contributed by atoms with Gasteiger partial charge in [0.25, 0.3) is 0 Å². The lowest BCUT2D eigenvalue weighted by atomic mass is 10.0. The lowest BCUT2D eigenvalue weighted by molar-refractivity contribution is 0.581. The molecule has 0 heterocycles. The summed E-state index contributed by atoms with van der Waals surface area (Å²) in [4.78, 5) is 0.247. The minimum absolute atomic E-state index is 0.158. The van der Waals surface area contributed by atoms with Crippen molar-refractivity contribution in [3.63, 3.8) is 0 Å². The summed E-state index contributed by atoms with van der Waals surface area (Å²) in [6.45, 7) is 4.28. The second kappa shape index (κ2) is 7.01. The monoisotopic (exact) mass is 357 g/mol. The van der Waals surface area contributed by atoms with E-state index in [1.807, 2.05) is 12.1 Å². The highest BCUT2D eigenvalue weighted by atomic mass is 35.5. The molecule has 0 aliphatic heterocycles. The highest BCUT2D eigenvalue weighted by Gasteiger charge is 2.14. The predicted molar refractivity (Wildman–Crippen MR) is 91.0 cm³/mol. The van der Waals surface area contributed by atoms with Crippen LogP contribution in [0.15, 0.2) is 47.4 Å². The van der Waals surface area contributed by atoms with Gasteiger partial charge in [0.05, 0.1) is 14.9 Å². The molecule has 0 aromatic heterocycles. The standard InChI is InChI=1S/C16H17Cl2NO2S/c1-11(2)13-4-6-14(7-5-13)22(20,21)19-10-12-3-8-15(17)16(18)9-12/h3-9,11,19H,10H2,1-2H3. The number of benzene rings is 2. The maximum absolute atomic E-state index is 12.3. The Balaban J connectivity index is 2.12. The maximum Gasteiger partial charge on any atom is 0.240 e. The van der Waals surface area contributed by atoms with Crippen LogP contribution in [0.5, 0.6) is 0 Å². The Morgan fingerprint density at radius 2 is 1.64 bits per heavy atom. The first-order valence-electron chi connectivity index (χ1n) is 6.83. The van der Waals surface area contributed by atoms with E-state index in [4.69, 9.17) is 23.2 Å². The van der Waals surface area contributed by atoms with Gasteiger partial charge in [-0.3, -0.25) is 0 Å². The molecule has 2 aromatic carbocycles. The van der Waals surface area contributed by atoms with Gasteiger partial charge in [-0.2, -0.15) is 0 Å². The zero-order valence-corrected chi connectivity index (χ0v) is 14.6. The molecule has 2 rings (SSSR count). The normalized spacial score (nSPS) is 11.9.